The normalized spacial score (nSPS) is 15.3. The van der Waals surface area contributed by atoms with Crippen LogP contribution in [-0.2, 0) is 9.53 Å². The number of ether oxygens (including phenoxy) is 1. The third kappa shape index (κ3) is 5.34. The maximum atomic E-state index is 11.8. The number of nitrogen functional groups attached to an aromatic ring is 1. The van der Waals surface area contributed by atoms with Crippen LogP contribution in [0.2, 0.25) is 0 Å². The van der Waals surface area contributed by atoms with Crippen molar-refractivity contribution in [3.63, 3.8) is 0 Å². The molecule has 1 aliphatic heterocycles. The summed E-state index contributed by atoms with van der Waals surface area (Å²) in [7, 11) is 0. The average molecular weight is 306 g/mol. The average Bonchev–Trinajstić information content (AvgIpc) is 2.54. The second-order valence-corrected chi connectivity index (χ2v) is 5.11. The first-order chi connectivity index (χ1) is 10.6. The van der Waals surface area contributed by atoms with Crippen molar-refractivity contribution in [3.8, 4) is 0 Å². The van der Waals surface area contributed by atoms with Crippen molar-refractivity contribution in [2.75, 3.05) is 51.7 Å². The Bertz CT molecular complexity index is 498. The standard InChI is InChI=1S/C15H22N4O3/c16-13-3-1-12(2-4-13)15(21)18-11-14(20)17-5-6-19-7-9-22-10-8-19/h1-4H,5-11,16H2,(H,17,20)(H,18,21). The number of amides is 2. The zero-order valence-electron chi connectivity index (χ0n) is 12.5. The summed E-state index contributed by atoms with van der Waals surface area (Å²) in [6.45, 7) is 4.59. The van der Waals surface area contributed by atoms with Gasteiger partial charge in [-0.3, -0.25) is 14.5 Å². The minimum absolute atomic E-state index is 0.0354. The number of benzene rings is 1. The second kappa shape index (κ2) is 8.35. The highest BCUT2D eigenvalue weighted by atomic mass is 16.5. The molecule has 1 heterocycles. The Morgan fingerprint density at radius 1 is 1.14 bits per heavy atom. The number of hydrogen-bond donors (Lipinski definition) is 3. The van der Waals surface area contributed by atoms with E-state index < -0.39 is 0 Å². The van der Waals surface area contributed by atoms with Gasteiger partial charge in [0.25, 0.3) is 5.91 Å². The van der Waals surface area contributed by atoms with Crippen molar-refractivity contribution in [2.24, 2.45) is 0 Å². The molecule has 1 aromatic carbocycles. The van der Waals surface area contributed by atoms with Crippen LogP contribution in [-0.4, -0.2) is 62.7 Å². The fourth-order valence-corrected chi connectivity index (χ4v) is 2.14. The molecule has 2 amide bonds. The number of morpholine rings is 1. The Labute approximate surface area is 129 Å². The number of nitrogens with zero attached hydrogens (tertiary/aromatic N) is 1. The SMILES string of the molecule is Nc1ccc(C(=O)NCC(=O)NCCN2CCOCC2)cc1. The first kappa shape index (κ1) is 16.3. The fourth-order valence-electron chi connectivity index (χ4n) is 2.14. The smallest absolute Gasteiger partial charge is 0.251 e. The number of anilines is 1. The minimum atomic E-state index is -0.289. The van der Waals surface area contributed by atoms with E-state index in [2.05, 4.69) is 15.5 Å². The molecule has 0 saturated carbocycles. The topological polar surface area (TPSA) is 96.7 Å². The van der Waals surface area contributed by atoms with Crippen molar-refractivity contribution in [1.82, 2.24) is 15.5 Å². The lowest BCUT2D eigenvalue weighted by Crippen LogP contribution is -2.43. The highest BCUT2D eigenvalue weighted by Crippen LogP contribution is 2.04. The highest BCUT2D eigenvalue weighted by molar-refractivity contribution is 5.96. The minimum Gasteiger partial charge on any atom is -0.399 e. The van der Waals surface area contributed by atoms with Crippen LogP contribution in [0.25, 0.3) is 0 Å². The van der Waals surface area contributed by atoms with Gasteiger partial charge in [0.15, 0.2) is 0 Å². The Balaban J connectivity index is 1.62. The molecule has 0 radical (unpaired) electrons. The molecule has 7 nitrogen and oxygen atoms in total. The second-order valence-electron chi connectivity index (χ2n) is 5.11. The van der Waals surface area contributed by atoms with E-state index in [4.69, 9.17) is 10.5 Å². The maximum Gasteiger partial charge on any atom is 0.251 e. The van der Waals surface area contributed by atoms with E-state index in [0.717, 1.165) is 32.8 Å². The Hall–Kier alpha value is -2.12. The predicted octanol–water partition coefficient (Wildman–Crippen LogP) is -0.553. The summed E-state index contributed by atoms with van der Waals surface area (Å²) in [6, 6.07) is 6.55. The van der Waals surface area contributed by atoms with Crippen LogP contribution in [0.15, 0.2) is 24.3 Å². The third-order valence-corrected chi connectivity index (χ3v) is 3.44. The van der Waals surface area contributed by atoms with Crippen LogP contribution < -0.4 is 16.4 Å². The van der Waals surface area contributed by atoms with Gasteiger partial charge in [0.1, 0.15) is 0 Å². The molecule has 7 heteroatoms. The van der Waals surface area contributed by atoms with Crippen molar-refractivity contribution in [3.05, 3.63) is 29.8 Å². The molecule has 0 atom stereocenters. The highest BCUT2D eigenvalue weighted by Gasteiger charge is 2.11. The molecule has 1 aliphatic rings. The van der Waals surface area contributed by atoms with E-state index in [-0.39, 0.29) is 18.4 Å². The Morgan fingerprint density at radius 2 is 1.82 bits per heavy atom. The lowest BCUT2D eigenvalue weighted by molar-refractivity contribution is -0.120. The van der Waals surface area contributed by atoms with Gasteiger partial charge in [-0.2, -0.15) is 0 Å². The molecule has 4 N–H and O–H groups in total. The number of nitrogens with two attached hydrogens (primary N) is 1. The molecule has 22 heavy (non-hydrogen) atoms. The zero-order valence-corrected chi connectivity index (χ0v) is 12.5. The molecule has 120 valence electrons. The quantitative estimate of drug-likeness (QED) is 0.613. The van der Waals surface area contributed by atoms with Crippen LogP contribution in [0.4, 0.5) is 5.69 Å². The molecule has 1 fully saturated rings. The van der Waals surface area contributed by atoms with E-state index in [1.54, 1.807) is 24.3 Å². The van der Waals surface area contributed by atoms with Crippen LogP contribution in [0.3, 0.4) is 0 Å². The number of hydrogen-bond acceptors (Lipinski definition) is 5. The van der Waals surface area contributed by atoms with Gasteiger partial charge in [-0.15, -0.1) is 0 Å². The summed E-state index contributed by atoms with van der Waals surface area (Å²) in [5, 5.41) is 5.37. The predicted molar refractivity (Wildman–Crippen MR) is 83.5 cm³/mol. The van der Waals surface area contributed by atoms with Crippen LogP contribution in [0, 0.1) is 0 Å². The summed E-state index contributed by atoms with van der Waals surface area (Å²) in [4.78, 5) is 25.7. The van der Waals surface area contributed by atoms with Gasteiger partial charge < -0.3 is 21.1 Å². The number of carbonyl (C=O) groups is 2. The Morgan fingerprint density at radius 3 is 2.50 bits per heavy atom. The number of nitrogens with one attached hydrogen (secondary N) is 2. The molecule has 2 rings (SSSR count). The zero-order chi connectivity index (χ0) is 15.8. The van der Waals surface area contributed by atoms with E-state index in [0.29, 0.717) is 17.8 Å². The van der Waals surface area contributed by atoms with Gasteiger partial charge >= 0.3 is 0 Å². The summed E-state index contributed by atoms with van der Waals surface area (Å²) in [5.74, 6) is -0.486. The Kier molecular flexibility index (Phi) is 6.17. The molecule has 0 aliphatic carbocycles. The number of carbonyl (C=O) groups excluding carboxylic acids is 2. The van der Waals surface area contributed by atoms with Crippen molar-refractivity contribution in [2.45, 2.75) is 0 Å². The summed E-state index contributed by atoms with van der Waals surface area (Å²) < 4.78 is 5.26. The van der Waals surface area contributed by atoms with Gasteiger partial charge in [-0.05, 0) is 24.3 Å². The van der Waals surface area contributed by atoms with Crippen molar-refractivity contribution >= 4 is 17.5 Å². The summed E-state index contributed by atoms with van der Waals surface area (Å²) in [5.41, 5.74) is 6.63. The molecule has 0 unspecified atom stereocenters. The van der Waals surface area contributed by atoms with Gasteiger partial charge in [-0.25, -0.2) is 0 Å². The van der Waals surface area contributed by atoms with E-state index >= 15 is 0 Å². The molecule has 0 aromatic heterocycles. The molecule has 0 spiro atoms. The fraction of sp³-hybridized carbons (Fsp3) is 0.467. The van der Waals surface area contributed by atoms with Gasteiger partial charge in [-0.1, -0.05) is 0 Å². The van der Waals surface area contributed by atoms with Crippen molar-refractivity contribution < 1.29 is 14.3 Å². The summed E-state index contributed by atoms with van der Waals surface area (Å²) >= 11 is 0. The van der Waals surface area contributed by atoms with E-state index in [1.165, 1.54) is 0 Å². The molecule has 1 aromatic rings. The molecular formula is C15H22N4O3. The van der Waals surface area contributed by atoms with Crippen LogP contribution in [0.1, 0.15) is 10.4 Å². The lowest BCUT2D eigenvalue weighted by Gasteiger charge is -2.26. The van der Waals surface area contributed by atoms with Gasteiger partial charge in [0.05, 0.1) is 19.8 Å². The van der Waals surface area contributed by atoms with E-state index in [1.807, 2.05) is 0 Å². The molecule has 0 bridgehead atoms. The summed E-state index contributed by atoms with van der Waals surface area (Å²) in [6.07, 6.45) is 0. The van der Waals surface area contributed by atoms with Gasteiger partial charge in [0, 0.05) is 37.4 Å². The van der Waals surface area contributed by atoms with Gasteiger partial charge in [0.2, 0.25) is 5.91 Å². The maximum absolute atomic E-state index is 11.8. The monoisotopic (exact) mass is 306 g/mol. The first-order valence-electron chi connectivity index (χ1n) is 7.35. The van der Waals surface area contributed by atoms with Crippen molar-refractivity contribution in [1.29, 1.82) is 0 Å². The molecular weight excluding hydrogens is 284 g/mol. The lowest BCUT2D eigenvalue weighted by atomic mass is 10.2. The number of rotatable bonds is 6. The first-order valence-corrected chi connectivity index (χ1v) is 7.35. The molecule has 1 saturated heterocycles. The van der Waals surface area contributed by atoms with E-state index in [9.17, 15) is 9.59 Å². The van der Waals surface area contributed by atoms with Crippen LogP contribution in [0.5, 0.6) is 0 Å². The largest absolute Gasteiger partial charge is 0.399 e. The van der Waals surface area contributed by atoms with Crippen LogP contribution >= 0.6 is 0 Å². The third-order valence-electron chi connectivity index (χ3n) is 3.44.